The Kier molecular flexibility index (Phi) is 7.47. The zero-order valence-electron chi connectivity index (χ0n) is 15.9. The number of nitrogens with one attached hydrogen (secondary N) is 2. The van der Waals surface area contributed by atoms with Crippen LogP contribution in [0.4, 0.5) is 11.4 Å². The van der Waals surface area contributed by atoms with Crippen LogP contribution < -0.4 is 10.6 Å². The van der Waals surface area contributed by atoms with Gasteiger partial charge < -0.3 is 61.0 Å². The fourth-order valence-electron chi connectivity index (χ4n) is 3.43. The third kappa shape index (κ3) is 4.68. The first-order chi connectivity index (χ1) is 14.3. The molecule has 0 saturated carbocycles. The smallest absolute Gasteiger partial charge is 0.157 e. The Labute approximate surface area is 171 Å². The van der Waals surface area contributed by atoms with E-state index in [0.717, 1.165) is 0 Å². The van der Waals surface area contributed by atoms with E-state index in [1.54, 1.807) is 24.3 Å². The first kappa shape index (κ1) is 23.1. The summed E-state index contributed by atoms with van der Waals surface area (Å²) in [6, 6.07) is 6.36. The maximum absolute atomic E-state index is 10.1. The topological polar surface area (TPSA) is 204 Å². The fourth-order valence-corrected chi connectivity index (χ4v) is 3.43. The Hall–Kier alpha value is -1.58. The predicted molar refractivity (Wildman–Crippen MR) is 101 cm³/mol. The van der Waals surface area contributed by atoms with Crippen LogP contribution in [0.3, 0.4) is 0 Å². The van der Waals surface area contributed by atoms with Crippen molar-refractivity contribution in [2.24, 2.45) is 0 Å². The van der Waals surface area contributed by atoms with E-state index in [-0.39, 0.29) is 0 Å². The van der Waals surface area contributed by atoms with Crippen LogP contribution in [0.5, 0.6) is 0 Å². The Bertz CT molecular complexity index is 618. The number of hydrogen-bond acceptors (Lipinski definition) is 12. The summed E-state index contributed by atoms with van der Waals surface area (Å²) in [7, 11) is 0. The molecule has 0 bridgehead atoms. The highest BCUT2D eigenvalue weighted by Crippen LogP contribution is 2.26. The maximum Gasteiger partial charge on any atom is 0.157 e. The molecule has 1 aromatic rings. The normalized spacial score (nSPS) is 42.0. The molecule has 2 aliphatic rings. The molecule has 3 rings (SSSR count). The number of anilines is 2. The summed E-state index contributed by atoms with van der Waals surface area (Å²) in [5.41, 5.74) is 0.970. The molecule has 10 N–H and O–H groups in total. The number of rotatable bonds is 6. The van der Waals surface area contributed by atoms with Crippen molar-refractivity contribution in [3.05, 3.63) is 24.3 Å². The SMILES string of the molecule is OC[C@@H]1O[C@H](Nc2ccc(N[C@@H]3O[C@H](CO)[C@H](O)[C@H](O)[C@@H]3O)cc2)[C@H](O)[C@H](O)[C@@H]1O. The Morgan fingerprint density at radius 1 is 0.567 bits per heavy atom. The van der Waals surface area contributed by atoms with E-state index in [1.165, 1.54) is 0 Å². The summed E-state index contributed by atoms with van der Waals surface area (Å²) in [6.07, 6.45) is -13.0. The molecule has 0 unspecified atom stereocenters. The number of ether oxygens (including phenoxy) is 2. The number of aliphatic hydroxyl groups is 8. The summed E-state index contributed by atoms with van der Waals surface area (Å²) in [6.45, 7) is -1.07. The minimum atomic E-state index is -1.50. The van der Waals surface area contributed by atoms with Crippen molar-refractivity contribution in [3.8, 4) is 0 Å². The minimum Gasteiger partial charge on any atom is -0.394 e. The highest BCUT2D eigenvalue weighted by atomic mass is 16.6. The number of benzene rings is 1. The average molecular weight is 432 g/mol. The van der Waals surface area contributed by atoms with E-state index in [1.807, 2.05) is 0 Å². The molecular formula is C18H28N2O10. The largest absolute Gasteiger partial charge is 0.394 e. The van der Waals surface area contributed by atoms with Crippen molar-refractivity contribution in [2.45, 2.75) is 61.3 Å². The van der Waals surface area contributed by atoms with Crippen LogP contribution in [0.25, 0.3) is 0 Å². The van der Waals surface area contributed by atoms with E-state index in [0.29, 0.717) is 11.4 Å². The van der Waals surface area contributed by atoms with Gasteiger partial charge in [0.05, 0.1) is 13.2 Å². The van der Waals surface area contributed by atoms with Gasteiger partial charge in [0.2, 0.25) is 0 Å². The summed E-state index contributed by atoms with van der Waals surface area (Å²) in [4.78, 5) is 0. The van der Waals surface area contributed by atoms with Gasteiger partial charge in [-0.3, -0.25) is 0 Å². The second kappa shape index (κ2) is 9.70. The van der Waals surface area contributed by atoms with E-state index in [2.05, 4.69) is 10.6 Å². The van der Waals surface area contributed by atoms with E-state index < -0.39 is 74.5 Å². The van der Waals surface area contributed by atoms with Gasteiger partial charge in [0.1, 0.15) is 48.8 Å². The third-order valence-electron chi connectivity index (χ3n) is 5.29. The van der Waals surface area contributed by atoms with Crippen molar-refractivity contribution >= 4 is 11.4 Å². The van der Waals surface area contributed by atoms with E-state index in [4.69, 9.17) is 9.47 Å². The molecule has 2 saturated heterocycles. The number of aliphatic hydroxyl groups excluding tert-OH is 8. The van der Waals surface area contributed by atoms with Crippen molar-refractivity contribution < 1.29 is 50.3 Å². The molecule has 0 radical (unpaired) electrons. The Morgan fingerprint density at radius 3 is 1.20 bits per heavy atom. The molecule has 30 heavy (non-hydrogen) atoms. The predicted octanol–water partition coefficient (Wildman–Crippen LogP) is -3.89. The van der Waals surface area contributed by atoms with Crippen molar-refractivity contribution in [3.63, 3.8) is 0 Å². The molecule has 2 aliphatic heterocycles. The highest BCUT2D eigenvalue weighted by molar-refractivity contribution is 5.54. The molecule has 0 amide bonds. The van der Waals surface area contributed by atoms with Crippen LogP contribution in [-0.2, 0) is 9.47 Å². The summed E-state index contributed by atoms with van der Waals surface area (Å²) < 4.78 is 10.8. The Balaban J connectivity index is 1.62. The molecule has 0 aromatic heterocycles. The second-order valence-corrected chi connectivity index (χ2v) is 7.36. The lowest BCUT2D eigenvalue weighted by Crippen LogP contribution is -2.60. The highest BCUT2D eigenvalue weighted by Gasteiger charge is 2.44. The van der Waals surface area contributed by atoms with E-state index >= 15 is 0 Å². The van der Waals surface area contributed by atoms with Crippen LogP contribution in [-0.4, -0.2) is 115 Å². The van der Waals surface area contributed by atoms with Gasteiger partial charge >= 0.3 is 0 Å². The van der Waals surface area contributed by atoms with Gasteiger partial charge in [-0.15, -0.1) is 0 Å². The molecule has 2 fully saturated rings. The third-order valence-corrected chi connectivity index (χ3v) is 5.29. The first-order valence-corrected chi connectivity index (χ1v) is 9.51. The zero-order chi connectivity index (χ0) is 22.0. The van der Waals surface area contributed by atoms with Gasteiger partial charge in [-0.2, -0.15) is 0 Å². The molecule has 12 heteroatoms. The molecule has 10 atom stereocenters. The standard InChI is InChI=1S/C18H28N2O10/c21-5-9-11(23)13(25)15(27)17(29-9)19-7-1-2-8(4-3-7)20-18-16(28)14(26)12(24)10(6-22)30-18/h1-4,9-28H,5-6H2/t9-,10+,11+,12-,13+,14-,15+,16-,17-,18+. The molecule has 2 heterocycles. The molecular weight excluding hydrogens is 404 g/mol. The molecule has 0 aliphatic carbocycles. The van der Waals surface area contributed by atoms with Crippen LogP contribution >= 0.6 is 0 Å². The minimum absolute atomic E-state index is 0.485. The van der Waals surface area contributed by atoms with E-state index in [9.17, 15) is 40.9 Å². The molecule has 1 aromatic carbocycles. The lowest BCUT2D eigenvalue weighted by molar-refractivity contribution is -0.221. The van der Waals surface area contributed by atoms with Crippen LogP contribution in [0.15, 0.2) is 24.3 Å². The van der Waals surface area contributed by atoms with Gasteiger partial charge in [0.25, 0.3) is 0 Å². The zero-order valence-corrected chi connectivity index (χ0v) is 15.9. The van der Waals surface area contributed by atoms with Crippen molar-refractivity contribution in [1.29, 1.82) is 0 Å². The maximum atomic E-state index is 10.1. The van der Waals surface area contributed by atoms with Gasteiger partial charge in [-0.25, -0.2) is 0 Å². The van der Waals surface area contributed by atoms with Gasteiger partial charge in [-0.05, 0) is 24.3 Å². The second-order valence-electron chi connectivity index (χ2n) is 7.36. The monoisotopic (exact) mass is 432 g/mol. The van der Waals surface area contributed by atoms with Crippen LogP contribution in [0, 0.1) is 0 Å². The van der Waals surface area contributed by atoms with Crippen molar-refractivity contribution in [1.82, 2.24) is 0 Å². The lowest BCUT2D eigenvalue weighted by atomic mass is 9.98. The summed E-state index contributed by atoms with van der Waals surface area (Å²) in [5, 5.41) is 83.6. The Morgan fingerprint density at radius 2 is 0.900 bits per heavy atom. The number of hydrogen-bond donors (Lipinski definition) is 10. The van der Waals surface area contributed by atoms with Crippen molar-refractivity contribution in [2.75, 3.05) is 23.8 Å². The average Bonchev–Trinajstić information content (AvgIpc) is 2.75. The lowest BCUT2D eigenvalue weighted by Gasteiger charge is -2.40. The summed E-state index contributed by atoms with van der Waals surface area (Å²) >= 11 is 0. The molecule has 170 valence electrons. The fraction of sp³-hybridized carbons (Fsp3) is 0.667. The van der Waals surface area contributed by atoms with Crippen LogP contribution in [0.2, 0.25) is 0 Å². The molecule has 12 nitrogen and oxygen atoms in total. The van der Waals surface area contributed by atoms with Gasteiger partial charge in [-0.1, -0.05) is 0 Å². The van der Waals surface area contributed by atoms with Gasteiger partial charge in [0, 0.05) is 11.4 Å². The summed E-state index contributed by atoms with van der Waals surface area (Å²) in [5.74, 6) is 0. The molecule has 0 spiro atoms. The quantitative estimate of drug-likeness (QED) is 0.210. The first-order valence-electron chi connectivity index (χ1n) is 9.51. The van der Waals surface area contributed by atoms with Gasteiger partial charge in [0.15, 0.2) is 12.5 Å². The van der Waals surface area contributed by atoms with Crippen LogP contribution in [0.1, 0.15) is 0 Å².